The summed E-state index contributed by atoms with van der Waals surface area (Å²) >= 11 is 17.1. The van der Waals surface area contributed by atoms with Crippen LogP contribution < -0.4 is 0 Å². The molecule has 0 aromatic rings. The van der Waals surface area contributed by atoms with Gasteiger partial charge in [-0.2, -0.15) is 74.6 Å². The molecule has 0 aliphatic rings. The number of hydrogen-bond acceptors (Lipinski definition) is 0. The molecule has 0 amide bonds. The van der Waals surface area contributed by atoms with Crippen molar-refractivity contribution in [3.05, 3.63) is 0 Å². The smallest absolute Gasteiger partial charge is 0.200 e. The molecule has 0 aromatic carbocycles. The van der Waals surface area contributed by atoms with Gasteiger partial charge in [-0.25, -0.2) is 0 Å². The van der Waals surface area contributed by atoms with Crippen LogP contribution in [0.15, 0.2) is 0 Å². The first-order valence-electron chi connectivity index (χ1n) is 12.5. The van der Waals surface area contributed by atoms with Crippen molar-refractivity contribution in [1.82, 2.24) is 0 Å². The number of alkyl halides is 17. The SMILES string of the molecule is C[SiH](C)C(CCCCCCCC[Si](Cl)(Cl)Cl)C(F)(F)C(F)(F)C(F)(F)C(F)(F)C(F)(F)C(F)(F)C(F)(F)CCC(F)(F)F. The Kier molecular flexibility index (Phi) is 14.5. The average molecular weight is 766 g/mol. The minimum atomic E-state index is -8.31. The third kappa shape index (κ3) is 9.81. The predicted octanol–water partition coefficient (Wildman–Crippen LogP) is 12.0. The first-order chi connectivity index (χ1) is 18.7. The zero-order valence-corrected chi connectivity index (χ0v) is 26.7. The lowest BCUT2D eigenvalue weighted by molar-refractivity contribution is -0.442. The maximum absolute atomic E-state index is 14.8. The van der Waals surface area contributed by atoms with Crippen LogP contribution in [0.1, 0.15) is 57.8 Å². The molecule has 0 fully saturated rings. The van der Waals surface area contributed by atoms with Gasteiger partial charge in [0.2, 0.25) is 0 Å². The van der Waals surface area contributed by atoms with Crippen LogP contribution >= 0.6 is 33.2 Å². The Morgan fingerprint density at radius 2 is 0.884 bits per heavy atom. The van der Waals surface area contributed by atoms with Gasteiger partial charge in [-0.1, -0.05) is 51.6 Å². The summed E-state index contributed by atoms with van der Waals surface area (Å²) in [5, 5.41) is 0. The predicted molar refractivity (Wildman–Crippen MR) is 133 cm³/mol. The topological polar surface area (TPSA) is 0 Å². The van der Waals surface area contributed by atoms with Gasteiger partial charge in [0.15, 0.2) is 0 Å². The lowest BCUT2D eigenvalue weighted by atomic mass is 9.87. The van der Waals surface area contributed by atoms with Gasteiger partial charge in [0.25, 0.3) is 0 Å². The average Bonchev–Trinajstić information content (AvgIpc) is 2.79. The van der Waals surface area contributed by atoms with Gasteiger partial charge in [-0.15, -0.1) is 33.2 Å². The Morgan fingerprint density at radius 1 is 0.512 bits per heavy atom. The Labute approximate surface area is 252 Å². The van der Waals surface area contributed by atoms with E-state index in [9.17, 15) is 74.6 Å². The van der Waals surface area contributed by atoms with E-state index in [0.29, 0.717) is 25.3 Å². The Balaban J connectivity index is 6.03. The fourth-order valence-corrected chi connectivity index (χ4v) is 7.85. The number of rotatable bonds is 19. The summed E-state index contributed by atoms with van der Waals surface area (Å²) in [6.45, 7) is 1.80. The van der Waals surface area contributed by atoms with Crippen LogP contribution in [-0.2, 0) is 0 Å². The summed E-state index contributed by atoms with van der Waals surface area (Å²) in [5.74, 6) is -53.0. The van der Waals surface area contributed by atoms with E-state index in [1.165, 1.54) is 0 Å². The summed E-state index contributed by atoms with van der Waals surface area (Å²) in [7, 11) is -3.26. The van der Waals surface area contributed by atoms with Crippen LogP contribution in [0.25, 0.3) is 0 Å². The molecule has 0 aliphatic carbocycles. The summed E-state index contributed by atoms with van der Waals surface area (Å²) < 4.78 is 235. The molecule has 260 valence electrons. The molecule has 0 aliphatic heterocycles. The summed E-state index contributed by atoms with van der Waals surface area (Å²) in [4.78, 5) is 0. The quantitative estimate of drug-likeness (QED) is 0.0532. The Morgan fingerprint density at radius 3 is 1.28 bits per heavy atom. The van der Waals surface area contributed by atoms with E-state index in [1.54, 1.807) is 0 Å². The highest BCUT2D eigenvalue weighted by Crippen LogP contribution is 2.64. The highest BCUT2D eigenvalue weighted by molar-refractivity contribution is 7.64. The second-order valence-corrected chi connectivity index (χ2v) is 23.0. The summed E-state index contributed by atoms with van der Waals surface area (Å²) in [6, 6.07) is -2.58. The van der Waals surface area contributed by atoms with E-state index in [0.717, 1.165) is 13.1 Å². The maximum atomic E-state index is 14.8. The van der Waals surface area contributed by atoms with Crippen molar-refractivity contribution < 1.29 is 74.6 Å². The van der Waals surface area contributed by atoms with E-state index in [2.05, 4.69) is 0 Å². The van der Waals surface area contributed by atoms with Crippen LogP contribution in [0, 0.1) is 0 Å². The van der Waals surface area contributed by atoms with Crippen molar-refractivity contribution in [3.63, 3.8) is 0 Å². The van der Waals surface area contributed by atoms with Crippen LogP contribution in [0.2, 0.25) is 24.7 Å². The number of halogens is 20. The second-order valence-electron chi connectivity index (χ2n) is 10.4. The first kappa shape index (κ1) is 43.1. The van der Waals surface area contributed by atoms with Crippen LogP contribution in [0.5, 0.6) is 0 Å². The number of hydrogen-bond donors (Lipinski definition) is 0. The molecule has 0 nitrogen and oxygen atoms in total. The van der Waals surface area contributed by atoms with Crippen molar-refractivity contribution in [3.8, 4) is 0 Å². The van der Waals surface area contributed by atoms with Crippen molar-refractivity contribution >= 4 is 48.0 Å². The van der Waals surface area contributed by atoms with Gasteiger partial charge >= 0.3 is 53.6 Å². The van der Waals surface area contributed by atoms with Crippen molar-refractivity contribution in [2.45, 2.75) is 130 Å². The Bertz CT molecular complexity index is 874. The van der Waals surface area contributed by atoms with Crippen molar-refractivity contribution in [2.75, 3.05) is 0 Å². The lowest BCUT2D eigenvalue weighted by Gasteiger charge is -2.44. The van der Waals surface area contributed by atoms with Gasteiger partial charge in [-0.05, 0) is 12.5 Å². The molecule has 0 rings (SSSR count). The second kappa shape index (κ2) is 14.5. The zero-order chi connectivity index (χ0) is 34.7. The summed E-state index contributed by atoms with van der Waals surface area (Å²) in [6.07, 6.45) is -11.7. The maximum Gasteiger partial charge on any atom is 0.389 e. The molecule has 0 saturated heterocycles. The van der Waals surface area contributed by atoms with Gasteiger partial charge < -0.3 is 0 Å². The third-order valence-corrected chi connectivity index (χ3v) is 11.7. The highest BCUT2D eigenvalue weighted by Gasteiger charge is 2.93. The number of unbranched alkanes of at least 4 members (excludes halogenated alkanes) is 5. The summed E-state index contributed by atoms with van der Waals surface area (Å²) in [5.41, 5.74) is -2.79. The van der Waals surface area contributed by atoms with Crippen LogP contribution in [-0.4, -0.2) is 62.4 Å². The molecule has 1 atom stereocenters. The molecule has 0 spiro atoms. The fraction of sp³-hybridized carbons (Fsp3) is 1.00. The standard InChI is InChI=1S/C21H28Cl3F17Si2/c1-42(2)13(9-7-5-3-4-6-8-12-43(22,23)24)16(30,31)18(34,35)20(38,39)21(40,41)19(36,37)17(32,33)14(25,26)10-11-15(27,28)29/h13,42H,3-12H2,1-2H3. The van der Waals surface area contributed by atoms with Crippen molar-refractivity contribution in [1.29, 1.82) is 0 Å². The molecule has 0 bridgehead atoms. The van der Waals surface area contributed by atoms with Gasteiger partial charge in [-0.3, -0.25) is 0 Å². The molecule has 0 saturated carbocycles. The zero-order valence-electron chi connectivity index (χ0n) is 22.3. The highest BCUT2D eigenvalue weighted by atomic mass is 35.8. The molecule has 1 unspecified atom stereocenters. The minimum absolute atomic E-state index is 0.0360. The largest absolute Gasteiger partial charge is 0.389 e. The van der Waals surface area contributed by atoms with E-state index < -0.39 is 87.2 Å². The minimum Gasteiger partial charge on any atom is -0.200 e. The third-order valence-electron chi connectivity index (χ3n) is 6.67. The normalized spacial score (nSPS) is 16.3. The monoisotopic (exact) mass is 764 g/mol. The van der Waals surface area contributed by atoms with E-state index >= 15 is 0 Å². The molecule has 0 aromatic heterocycles. The van der Waals surface area contributed by atoms with Crippen LogP contribution in [0.3, 0.4) is 0 Å². The molecule has 0 N–H and O–H groups in total. The fourth-order valence-electron chi connectivity index (χ4n) is 4.05. The van der Waals surface area contributed by atoms with E-state index in [4.69, 9.17) is 33.2 Å². The van der Waals surface area contributed by atoms with Gasteiger partial charge in [0, 0.05) is 27.2 Å². The Hall–Kier alpha value is 0.114. The van der Waals surface area contributed by atoms with Crippen molar-refractivity contribution in [2.24, 2.45) is 0 Å². The van der Waals surface area contributed by atoms with E-state index in [-0.39, 0.29) is 19.3 Å². The molecule has 0 heterocycles. The molecular weight excluding hydrogens is 738 g/mol. The van der Waals surface area contributed by atoms with Crippen LogP contribution in [0.4, 0.5) is 74.6 Å². The lowest BCUT2D eigenvalue weighted by Crippen LogP contribution is -2.73. The van der Waals surface area contributed by atoms with Gasteiger partial charge in [0.05, 0.1) is 0 Å². The first-order valence-corrected chi connectivity index (χ1v) is 20.7. The molecule has 0 radical (unpaired) electrons. The van der Waals surface area contributed by atoms with E-state index in [1.807, 2.05) is 0 Å². The molecule has 22 heteroatoms. The molecule has 43 heavy (non-hydrogen) atoms. The van der Waals surface area contributed by atoms with Gasteiger partial charge in [0.1, 0.15) is 0 Å². The molecular formula is C21H28Cl3F17Si2.